The standard InChI is InChI=1S/C24H29N3O6S/c1-17(2)25(3)34(30,31)19-8-6-7-18(15-19)23(28)27-16-22(24(29)26-11-13-32-14-12-26)33-21-10-5-4-9-20(21)27/h4-10,15,17,22H,11-14,16H2,1-3H3. The van der Waals surface area contributed by atoms with Crippen LogP contribution in [0.25, 0.3) is 0 Å². The molecule has 4 rings (SSSR count). The lowest BCUT2D eigenvalue weighted by molar-refractivity contribution is -0.142. The molecule has 9 nitrogen and oxygen atoms in total. The van der Waals surface area contributed by atoms with Crippen molar-refractivity contribution in [1.82, 2.24) is 9.21 Å². The van der Waals surface area contributed by atoms with Gasteiger partial charge in [-0.2, -0.15) is 4.31 Å². The topological polar surface area (TPSA) is 96.5 Å². The molecule has 0 spiro atoms. The summed E-state index contributed by atoms with van der Waals surface area (Å²) >= 11 is 0. The van der Waals surface area contributed by atoms with Gasteiger partial charge in [0.15, 0.2) is 6.10 Å². The van der Waals surface area contributed by atoms with Crippen LogP contribution < -0.4 is 9.64 Å². The van der Waals surface area contributed by atoms with Crippen LogP contribution in [0.5, 0.6) is 5.75 Å². The first kappa shape index (κ1) is 24.2. The predicted molar refractivity (Wildman–Crippen MR) is 126 cm³/mol. The molecule has 1 saturated heterocycles. The smallest absolute Gasteiger partial charge is 0.265 e. The molecule has 2 aliphatic heterocycles. The van der Waals surface area contributed by atoms with Gasteiger partial charge in [-0.25, -0.2) is 8.42 Å². The predicted octanol–water partition coefficient (Wildman–Crippen LogP) is 1.98. The van der Waals surface area contributed by atoms with Crippen molar-refractivity contribution in [2.75, 3.05) is 44.8 Å². The third-order valence-electron chi connectivity index (χ3n) is 6.10. The zero-order valence-corrected chi connectivity index (χ0v) is 20.3. The lowest BCUT2D eigenvalue weighted by atomic mass is 10.1. The van der Waals surface area contributed by atoms with Gasteiger partial charge >= 0.3 is 0 Å². The van der Waals surface area contributed by atoms with Crippen LogP contribution in [0.2, 0.25) is 0 Å². The van der Waals surface area contributed by atoms with E-state index in [4.69, 9.17) is 9.47 Å². The van der Waals surface area contributed by atoms with Crippen LogP contribution in [0.15, 0.2) is 53.4 Å². The largest absolute Gasteiger partial charge is 0.476 e. The summed E-state index contributed by atoms with van der Waals surface area (Å²) in [6.45, 7) is 5.45. The van der Waals surface area contributed by atoms with Crippen LogP contribution in [-0.4, -0.2) is 81.5 Å². The van der Waals surface area contributed by atoms with Crippen molar-refractivity contribution in [2.45, 2.75) is 30.9 Å². The Morgan fingerprint density at radius 2 is 1.76 bits per heavy atom. The lowest BCUT2D eigenvalue weighted by Crippen LogP contribution is -2.54. The fourth-order valence-electron chi connectivity index (χ4n) is 3.93. The van der Waals surface area contributed by atoms with Crippen LogP contribution in [0.3, 0.4) is 0 Å². The van der Waals surface area contributed by atoms with Crippen molar-refractivity contribution in [3.8, 4) is 5.75 Å². The minimum Gasteiger partial charge on any atom is -0.476 e. The highest BCUT2D eigenvalue weighted by atomic mass is 32.2. The Labute approximate surface area is 199 Å². The molecular formula is C24H29N3O6S. The van der Waals surface area contributed by atoms with E-state index in [1.54, 1.807) is 55.1 Å². The third-order valence-corrected chi connectivity index (χ3v) is 8.13. The Hall–Kier alpha value is -2.95. The van der Waals surface area contributed by atoms with E-state index in [9.17, 15) is 18.0 Å². The summed E-state index contributed by atoms with van der Waals surface area (Å²) in [7, 11) is -2.25. The van der Waals surface area contributed by atoms with Gasteiger partial charge in [0.1, 0.15) is 5.75 Å². The van der Waals surface area contributed by atoms with Gasteiger partial charge in [0.2, 0.25) is 10.0 Å². The number of amides is 2. The minimum atomic E-state index is -3.76. The molecule has 1 unspecified atom stereocenters. The number of nitrogens with zero attached hydrogens (tertiary/aromatic N) is 3. The molecular weight excluding hydrogens is 458 g/mol. The number of morpholine rings is 1. The molecule has 2 aromatic rings. The molecule has 2 aliphatic rings. The van der Waals surface area contributed by atoms with Crippen molar-refractivity contribution in [1.29, 1.82) is 0 Å². The van der Waals surface area contributed by atoms with E-state index in [1.807, 2.05) is 0 Å². The molecule has 34 heavy (non-hydrogen) atoms. The molecule has 2 heterocycles. The molecule has 0 saturated carbocycles. The van der Waals surface area contributed by atoms with E-state index in [2.05, 4.69) is 0 Å². The Balaban J connectivity index is 1.65. The summed E-state index contributed by atoms with van der Waals surface area (Å²) in [6.07, 6.45) is -0.865. The third kappa shape index (κ3) is 4.66. The number of sulfonamides is 1. The maximum absolute atomic E-state index is 13.6. The first-order valence-electron chi connectivity index (χ1n) is 11.2. The van der Waals surface area contributed by atoms with Crippen molar-refractivity contribution in [3.05, 3.63) is 54.1 Å². The zero-order chi connectivity index (χ0) is 24.5. The number of ether oxygens (including phenoxy) is 2. The van der Waals surface area contributed by atoms with E-state index < -0.39 is 22.0 Å². The summed E-state index contributed by atoms with van der Waals surface area (Å²) in [5.41, 5.74) is 0.749. The highest BCUT2D eigenvalue weighted by Gasteiger charge is 2.37. The summed E-state index contributed by atoms with van der Waals surface area (Å²) in [6, 6.07) is 12.8. The molecule has 0 aliphatic carbocycles. The molecule has 0 aromatic heterocycles. The van der Waals surface area contributed by atoms with Crippen LogP contribution in [0.1, 0.15) is 24.2 Å². The second-order valence-corrected chi connectivity index (χ2v) is 10.6. The molecule has 2 amide bonds. The number of carbonyl (C=O) groups is 2. The SMILES string of the molecule is CC(C)N(C)S(=O)(=O)c1cccc(C(=O)N2CC(C(=O)N3CCOCC3)Oc3ccccc32)c1. The number of anilines is 1. The Kier molecular flexibility index (Phi) is 6.92. The van der Waals surface area contributed by atoms with Crippen LogP contribution >= 0.6 is 0 Å². The maximum atomic E-state index is 13.6. The lowest BCUT2D eigenvalue weighted by Gasteiger charge is -2.37. The van der Waals surface area contributed by atoms with E-state index in [-0.39, 0.29) is 29.0 Å². The van der Waals surface area contributed by atoms with Crippen molar-refractivity contribution >= 4 is 27.5 Å². The van der Waals surface area contributed by atoms with E-state index >= 15 is 0 Å². The summed E-state index contributed by atoms with van der Waals surface area (Å²) in [5, 5.41) is 0. The average molecular weight is 488 g/mol. The number of hydrogen-bond acceptors (Lipinski definition) is 6. The second-order valence-electron chi connectivity index (χ2n) is 8.57. The highest BCUT2D eigenvalue weighted by molar-refractivity contribution is 7.89. The van der Waals surface area contributed by atoms with Gasteiger partial charge in [-0.3, -0.25) is 9.59 Å². The molecule has 0 N–H and O–H groups in total. The second kappa shape index (κ2) is 9.73. The number of para-hydroxylation sites is 2. The Morgan fingerprint density at radius 1 is 1.06 bits per heavy atom. The van der Waals surface area contributed by atoms with Gasteiger partial charge in [-0.1, -0.05) is 18.2 Å². The van der Waals surface area contributed by atoms with Gasteiger partial charge in [-0.15, -0.1) is 0 Å². The minimum absolute atomic E-state index is 0.0227. The normalized spacial score (nSPS) is 18.6. The van der Waals surface area contributed by atoms with E-state index in [0.29, 0.717) is 37.7 Å². The van der Waals surface area contributed by atoms with E-state index in [1.165, 1.54) is 28.4 Å². The first-order valence-corrected chi connectivity index (χ1v) is 12.7. The molecule has 0 radical (unpaired) electrons. The fourth-order valence-corrected chi connectivity index (χ4v) is 5.35. The van der Waals surface area contributed by atoms with Gasteiger partial charge < -0.3 is 19.3 Å². The molecule has 0 bridgehead atoms. The van der Waals surface area contributed by atoms with Crippen molar-refractivity contribution in [2.24, 2.45) is 0 Å². The molecule has 1 atom stereocenters. The zero-order valence-electron chi connectivity index (χ0n) is 19.5. The fraction of sp³-hybridized carbons (Fsp3) is 0.417. The monoisotopic (exact) mass is 487 g/mol. The molecule has 1 fully saturated rings. The number of benzene rings is 2. The molecule has 182 valence electrons. The summed E-state index contributed by atoms with van der Waals surface area (Å²) in [5.74, 6) is -0.178. The Bertz CT molecular complexity index is 1180. The summed E-state index contributed by atoms with van der Waals surface area (Å²) in [4.78, 5) is 29.9. The van der Waals surface area contributed by atoms with Crippen molar-refractivity contribution in [3.63, 3.8) is 0 Å². The number of carbonyl (C=O) groups excluding carboxylic acids is 2. The van der Waals surface area contributed by atoms with E-state index in [0.717, 1.165) is 0 Å². The number of fused-ring (bicyclic) bond motifs is 1. The van der Waals surface area contributed by atoms with Gasteiger partial charge in [0, 0.05) is 31.7 Å². The first-order chi connectivity index (χ1) is 16.2. The molecule has 2 aromatic carbocycles. The number of hydrogen-bond donors (Lipinski definition) is 0. The Morgan fingerprint density at radius 3 is 2.47 bits per heavy atom. The van der Waals surface area contributed by atoms with Gasteiger partial charge in [0.25, 0.3) is 11.8 Å². The number of rotatable bonds is 5. The quantitative estimate of drug-likeness (QED) is 0.640. The van der Waals surface area contributed by atoms with Gasteiger partial charge in [-0.05, 0) is 44.2 Å². The van der Waals surface area contributed by atoms with Gasteiger partial charge in [0.05, 0.1) is 30.3 Å². The highest BCUT2D eigenvalue weighted by Crippen LogP contribution is 2.35. The van der Waals surface area contributed by atoms with Crippen LogP contribution in [0, 0.1) is 0 Å². The molecule has 10 heteroatoms. The maximum Gasteiger partial charge on any atom is 0.265 e. The summed E-state index contributed by atoms with van der Waals surface area (Å²) < 4.78 is 38.5. The van der Waals surface area contributed by atoms with Crippen LogP contribution in [0.4, 0.5) is 5.69 Å². The van der Waals surface area contributed by atoms with Crippen molar-refractivity contribution < 1.29 is 27.5 Å². The average Bonchev–Trinajstić information content (AvgIpc) is 2.87. The van der Waals surface area contributed by atoms with Crippen LogP contribution in [-0.2, 0) is 19.6 Å².